The first-order valence-electron chi connectivity index (χ1n) is 11.7. The van der Waals surface area contributed by atoms with Crippen molar-refractivity contribution in [2.75, 3.05) is 32.7 Å². The van der Waals surface area contributed by atoms with Crippen LogP contribution in [0.15, 0.2) is 24.3 Å². The summed E-state index contributed by atoms with van der Waals surface area (Å²) in [6.45, 7) is 14.3. The molecule has 0 aliphatic carbocycles. The average molecular weight is 448 g/mol. The number of rotatable bonds is 3. The Labute approximate surface area is 192 Å². The van der Waals surface area contributed by atoms with Gasteiger partial charge in [-0.2, -0.15) is 0 Å². The molecule has 1 aromatic rings. The van der Waals surface area contributed by atoms with Crippen molar-refractivity contribution >= 4 is 23.4 Å². The fourth-order valence-corrected chi connectivity index (χ4v) is 4.93. The van der Waals surface area contributed by atoms with E-state index in [0.717, 1.165) is 44.5 Å². The van der Waals surface area contributed by atoms with Gasteiger partial charge in [0, 0.05) is 42.7 Å². The highest BCUT2D eigenvalue weighted by atomic mass is 35.5. The molecule has 0 N–H and O–H groups in total. The molecule has 31 heavy (non-hydrogen) atoms. The fraction of sp³-hybridized carbons (Fsp3) is 0.680. The summed E-state index contributed by atoms with van der Waals surface area (Å²) in [7, 11) is 0. The third-order valence-corrected chi connectivity index (χ3v) is 6.97. The fourth-order valence-electron chi connectivity index (χ4n) is 4.80. The molecular formula is C25H38ClN3O2. The zero-order chi connectivity index (χ0) is 22.8. The van der Waals surface area contributed by atoms with Crippen LogP contribution in [0.5, 0.6) is 0 Å². The van der Waals surface area contributed by atoms with Gasteiger partial charge in [0.25, 0.3) is 0 Å². The summed E-state index contributed by atoms with van der Waals surface area (Å²) < 4.78 is 0. The molecule has 2 aliphatic heterocycles. The third-order valence-electron chi connectivity index (χ3n) is 6.72. The van der Waals surface area contributed by atoms with Crippen molar-refractivity contribution in [2.45, 2.75) is 65.5 Å². The highest BCUT2D eigenvalue weighted by Gasteiger charge is 2.37. The maximum atomic E-state index is 13.3. The summed E-state index contributed by atoms with van der Waals surface area (Å²) in [4.78, 5) is 32.8. The normalized spacial score (nSPS) is 23.7. The molecule has 2 amide bonds. The second kappa shape index (κ2) is 9.91. The largest absolute Gasteiger partial charge is 0.341 e. The van der Waals surface area contributed by atoms with Gasteiger partial charge in [0.15, 0.2) is 0 Å². The average Bonchev–Trinajstić information content (AvgIpc) is 3.19. The molecule has 0 radical (unpaired) electrons. The van der Waals surface area contributed by atoms with Gasteiger partial charge in [0.2, 0.25) is 11.8 Å². The number of halogens is 1. The molecule has 2 heterocycles. The lowest BCUT2D eigenvalue weighted by Crippen LogP contribution is -2.48. The molecule has 3 rings (SSSR count). The van der Waals surface area contributed by atoms with Gasteiger partial charge in [-0.3, -0.25) is 14.5 Å². The minimum absolute atomic E-state index is 0.0345. The third kappa shape index (κ3) is 5.81. The zero-order valence-corrected chi connectivity index (χ0v) is 20.5. The van der Waals surface area contributed by atoms with E-state index in [1.54, 1.807) is 0 Å². The topological polar surface area (TPSA) is 43.9 Å². The summed E-state index contributed by atoms with van der Waals surface area (Å²) >= 11 is 6.08. The van der Waals surface area contributed by atoms with Gasteiger partial charge < -0.3 is 9.80 Å². The van der Waals surface area contributed by atoms with Gasteiger partial charge in [-0.1, -0.05) is 37.6 Å². The minimum atomic E-state index is -0.0754. The summed E-state index contributed by atoms with van der Waals surface area (Å²) in [5, 5.41) is 0.703. The first kappa shape index (κ1) is 24.1. The molecule has 1 aromatic carbocycles. The van der Waals surface area contributed by atoms with Crippen LogP contribution in [-0.2, 0) is 9.59 Å². The summed E-state index contributed by atoms with van der Waals surface area (Å²) in [6, 6.07) is 7.87. The van der Waals surface area contributed by atoms with Crippen molar-refractivity contribution in [2.24, 2.45) is 11.8 Å². The van der Waals surface area contributed by atoms with Gasteiger partial charge in [-0.15, -0.1) is 0 Å². The SMILES string of the molecule is CC(C)C(=O)N1CCN(C(=O)C2CCN(C(C)(C)C)C2)CCCC1c1ccc(Cl)cc1. The highest BCUT2D eigenvalue weighted by molar-refractivity contribution is 6.30. The molecule has 0 aromatic heterocycles. The zero-order valence-electron chi connectivity index (χ0n) is 19.7. The van der Waals surface area contributed by atoms with E-state index < -0.39 is 0 Å². The standard InChI is InChI=1S/C25H38ClN3O2/c1-18(2)23(30)29-16-15-27(24(31)20-12-14-28(17-20)25(3,4)5)13-6-7-22(29)19-8-10-21(26)11-9-19/h8-11,18,20,22H,6-7,12-17H2,1-5H3. The molecule has 6 heteroatoms. The van der Waals surface area contributed by atoms with E-state index in [1.165, 1.54) is 0 Å². The Hall–Kier alpha value is -1.59. The van der Waals surface area contributed by atoms with E-state index in [2.05, 4.69) is 25.7 Å². The van der Waals surface area contributed by atoms with E-state index in [9.17, 15) is 9.59 Å². The molecule has 0 bridgehead atoms. The van der Waals surface area contributed by atoms with Crippen LogP contribution in [0.2, 0.25) is 5.02 Å². The number of nitrogens with zero attached hydrogens (tertiary/aromatic N) is 3. The molecular weight excluding hydrogens is 410 g/mol. The van der Waals surface area contributed by atoms with Gasteiger partial charge in [-0.05, 0) is 64.3 Å². The van der Waals surface area contributed by atoms with E-state index in [0.29, 0.717) is 18.1 Å². The van der Waals surface area contributed by atoms with E-state index in [1.807, 2.05) is 47.9 Å². The second-order valence-corrected chi connectivity index (χ2v) is 10.8. The number of hydrogen-bond donors (Lipinski definition) is 0. The van der Waals surface area contributed by atoms with Crippen LogP contribution in [-0.4, -0.2) is 64.8 Å². The number of carbonyl (C=O) groups is 2. The quantitative estimate of drug-likeness (QED) is 0.679. The van der Waals surface area contributed by atoms with Crippen LogP contribution in [0.4, 0.5) is 0 Å². The number of hydrogen-bond acceptors (Lipinski definition) is 3. The summed E-state index contributed by atoms with van der Waals surface area (Å²) in [5.74, 6) is 0.399. The van der Waals surface area contributed by atoms with Crippen molar-refractivity contribution in [3.8, 4) is 0 Å². The molecule has 2 aliphatic rings. The van der Waals surface area contributed by atoms with E-state index in [4.69, 9.17) is 11.6 Å². The lowest BCUT2D eigenvalue weighted by atomic mass is 9.97. The lowest BCUT2D eigenvalue weighted by molar-refractivity contribution is -0.142. The maximum Gasteiger partial charge on any atom is 0.227 e. The Kier molecular flexibility index (Phi) is 7.69. The van der Waals surface area contributed by atoms with Crippen molar-refractivity contribution < 1.29 is 9.59 Å². The van der Waals surface area contributed by atoms with Crippen molar-refractivity contribution in [3.05, 3.63) is 34.9 Å². The van der Waals surface area contributed by atoms with Crippen LogP contribution in [0, 0.1) is 11.8 Å². The Balaban J connectivity index is 1.72. The van der Waals surface area contributed by atoms with E-state index >= 15 is 0 Å². The Bertz CT molecular complexity index is 772. The molecule has 2 atom stereocenters. The smallest absolute Gasteiger partial charge is 0.227 e. The Morgan fingerprint density at radius 3 is 2.26 bits per heavy atom. The summed E-state index contributed by atoms with van der Waals surface area (Å²) in [5.41, 5.74) is 1.21. The van der Waals surface area contributed by atoms with Gasteiger partial charge in [0.1, 0.15) is 0 Å². The molecule has 2 fully saturated rings. The first-order chi connectivity index (χ1) is 14.6. The number of benzene rings is 1. The number of carbonyl (C=O) groups excluding carboxylic acids is 2. The Morgan fingerprint density at radius 2 is 1.68 bits per heavy atom. The van der Waals surface area contributed by atoms with Crippen LogP contribution in [0.3, 0.4) is 0 Å². The molecule has 2 saturated heterocycles. The predicted octanol–water partition coefficient (Wildman–Crippen LogP) is 4.61. The maximum absolute atomic E-state index is 13.3. The van der Waals surface area contributed by atoms with Crippen molar-refractivity contribution in [3.63, 3.8) is 0 Å². The monoisotopic (exact) mass is 447 g/mol. The van der Waals surface area contributed by atoms with Crippen molar-refractivity contribution in [1.29, 1.82) is 0 Å². The lowest BCUT2D eigenvalue weighted by Gasteiger charge is -2.39. The molecule has 172 valence electrons. The van der Waals surface area contributed by atoms with Crippen LogP contribution < -0.4 is 0 Å². The Morgan fingerprint density at radius 1 is 1.00 bits per heavy atom. The number of likely N-dealkylation sites (tertiary alicyclic amines) is 1. The highest BCUT2D eigenvalue weighted by Crippen LogP contribution is 2.31. The second-order valence-electron chi connectivity index (χ2n) is 10.3. The predicted molar refractivity (Wildman–Crippen MR) is 126 cm³/mol. The molecule has 0 saturated carbocycles. The van der Waals surface area contributed by atoms with Crippen LogP contribution in [0.1, 0.15) is 65.5 Å². The molecule has 0 spiro atoms. The minimum Gasteiger partial charge on any atom is -0.341 e. The van der Waals surface area contributed by atoms with Gasteiger partial charge in [0.05, 0.1) is 12.0 Å². The number of amides is 2. The van der Waals surface area contributed by atoms with Crippen molar-refractivity contribution in [1.82, 2.24) is 14.7 Å². The molecule has 2 unspecified atom stereocenters. The molecule has 5 nitrogen and oxygen atoms in total. The van der Waals surface area contributed by atoms with Crippen LogP contribution in [0.25, 0.3) is 0 Å². The van der Waals surface area contributed by atoms with Crippen LogP contribution >= 0.6 is 11.6 Å². The van der Waals surface area contributed by atoms with Gasteiger partial charge in [-0.25, -0.2) is 0 Å². The first-order valence-corrected chi connectivity index (χ1v) is 12.1. The summed E-state index contributed by atoms with van der Waals surface area (Å²) in [6.07, 6.45) is 2.66. The van der Waals surface area contributed by atoms with Gasteiger partial charge >= 0.3 is 0 Å². The van der Waals surface area contributed by atoms with E-state index in [-0.39, 0.29) is 35.2 Å².